The van der Waals surface area contributed by atoms with E-state index in [2.05, 4.69) is 15.9 Å². The molecule has 0 fully saturated rings. The topological polar surface area (TPSA) is 46.6 Å². The average molecular weight is 507 g/mol. The van der Waals surface area contributed by atoms with Crippen LogP contribution < -0.4 is 4.90 Å². The van der Waals surface area contributed by atoms with Crippen molar-refractivity contribution in [1.82, 2.24) is 0 Å². The molecule has 154 valence electrons. The largest absolute Gasteiger partial charge is 0.462 e. The molecule has 0 spiro atoms. The van der Waals surface area contributed by atoms with Crippen molar-refractivity contribution < 1.29 is 14.3 Å². The minimum atomic E-state index is -0.414. The van der Waals surface area contributed by atoms with Gasteiger partial charge in [-0.3, -0.25) is 4.79 Å². The summed E-state index contributed by atoms with van der Waals surface area (Å²) >= 11 is 16.1. The van der Waals surface area contributed by atoms with Gasteiger partial charge in [0.2, 0.25) is 0 Å². The summed E-state index contributed by atoms with van der Waals surface area (Å²) in [6.45, 7) is 2.21. The zero-order chi connectivity index (χ0) is 21.7. The zero-order valence-corrected chi connectivity index (χ0v) is 19.2. The lowest BCUT2D eigenvalue weighted by atomic mass is 10.1. The monoisotopic (exact) mass is 505 g/mol. The van der Waals surface area contributed by atoms with Crippen LogP contribution in [0.4, 0.5) is 5.69 Å². The van der Waals surface area contributed by atoms with Crippen molar-refractivity contribution in [2.75, 3.05) is 11.5 Å². The maximum Gasteiger partial charge on any atom is 0.338 e. The molecule has 0 aliphatic carbocycles. The average Bonchev–Trinajstić information content (AvgIpc) is 2.73. The summed E-state index contributed by atoms with van der Waals surface area (Å²) in [7, 11) is 0. The molecule has 0 saturated carbocycles. The molecule has 0 aromatic heterocycles. The smallest absolute Gasteiger partial charge is 0.338 e. The van der Waals surface area contributed by atoms with E-state index < -0.39 is 5.97 Å². The fourth-order valence-corrected chi connectivity index (χ4v) is 3.81. The number of ether oxygens (including phenoxy) is 1. The van der Waals surface area contributed by atoms with E-state index in [0.717, 1.165) is 4.47 Å². The normalized spacial score (nSPS) is 10.5. The number of anilines is 1. The van der Waals surface area contributed by atoms with Crippen molar-refractivity contribution in [3.63, 3.8) is 0 Å². The zero-order valence-electron chi connectivity index (χ0n) is 16.1. The van der Waals surface area contributed by atoms with Gasteiger partial charge in [-0.25, -0.2) is 4.79 Å². The van der Waals surface area contributed by atoms with Gasteiger partial charge in [-0.05, 0) is 61.5 Å². The lowest BCUT2D eigenvalue weighted by Gasteiger charge is -2.24. The predicted octanol–water partition coefficient (Wildman–Crippen LogP) is 6.78. The van der Waals surface area contributed by atoms with Crippen molar-refractivity contribution >= 4 is 56.7 Å². The molecule has 3 aromatic carbocycles. The Morgan fingerprint density at radius 2 is 1.57 bits per heavy atom. The first kappa shape index (κ1) is 22.3. The molecule has 30 heavy (non-hydrogen) atoms. The van der Waals surface area contributed by atoms with Crippen LogP contribution in [0.1, 0.15) is 33.2 Å². The third-order valence-electron chi connectivity index (χ3n) is 4.38. The number of carbonyl (C=O) groups excluding carboxylic acids is 2. The highest BCUT2D eigenvalue weighted by atomic mass is 79.9. The minimum absolute atomic E-state index is 0.169. The van der Waals surface area contributed by atoms with Crippen LogP contribution in [0.25, 0.3) is 0 Å². The van der Waals surface area contributed by atoms with Crippen molar-refractivity contribution in [1.29, 1.82) is 0 Å². The number of hydrogen-bond donors (Lipinski definition) is 0. The first-order valence-corrected chi connectivity index (χ1v) is 10.7. The second-order valence-electron chi connectivity index (χ2n) is 6.37. The second kappa shape index (κ2) is 10.1. The summed E-state index contributed by atoms with van der Waals surface area (Å²) in [6.07, 6.45) is 0. The fourth-order valence-electron chi connectivity index (χ4n) is 2.89. The third kappa shape index (κ3) is 5.22. The minimum Gasteiger partial charge on any atom is -0.462 e. The summed E-state index contributed by atoms with van der Waals surface area (Å²) in [6, 6.07) is 19.0. The van der Waals surface area contributed by atoms with Gasteiger partial charge >= 0.3 is 5.97 Å². The van der Waals surface area contributed by atoms with Crippen LogP contribution in [0.15, 0.2) is 71.2 Å². The standard InChI is InChI=1S/C23H18BrCl2NO3/c1-2-30-23(29)15-9-11-18(12-10-15)27(14-19-20(25)7-4-8-21(19)26)22(28)16-5-3-6-17(24)13-16/h3-13H,2,14H2,1H3. The summed E-state index contributed by atoms with van der Waals surface area (Å²) in [5.74, 6) is -0.640. The molecule has 0 bridgehead atoms. The summed E-state index contributed by atoms with van der Waals surface area (Å²) in [5.41, 5.74) is 2.15. The number of benzene rings is 3. The Labute approximate surface area is 193 Å². The van der Waals surface area contributed by atoms with E-state index in [1.165, 1.54) is 0 Å². The van der Waals surface area contributed by atoms with Gasteiger partial charge in [-0.1, -0.05) is 51.3 Å². The van der Waals surface area contributed by atoms with Crippen LogP contribution in [-0.4, -0.2) is 18.5 Å². The molecule has 0 saturated heterocycles. The van der Waals surface area contributed by atoms with E-state index >= 15 is 0 Å². The summed E-state index contributed by atoms with van der Waals surface area (Å²) in [4.78, 5) is 26.9. The molecule has 0 aliphatic rings. The number of amides is 1. The first-order chi connectivity index (χ1) is 14.4. The Morgan fingerprint density at radius 3 is 2.17 bits per heavy atom. The molecule has 3 aromatic rings. The molecule has 0 unspecified atom stereocenters. The van der Waals surface area contributed by atoms with E-state index in [4.69, 9.17) is 27.9 Å². The Kier molecular flexibility index (Phi) is 7.53. The summed E-state index contributed by atoms with van der Waals surface area (Å²) in [5, 5.41) is 0.940. The van der Waals surface area contributed by atoms with Gasteiger partial charge in [-0.2, -0.15) is 0 Å². The molecular weight excluding hydrogens is 489 g/mol. The van der Waals surface area contributed by atoms with Crippen LogP contribution in [0.2, 0.25) is 10.0 Å². The van der Waals surface area contributed by atoms with Crippen LogP contribution in [-0.2, 0) is 11.3 Å². The first-order valence-electron chi connectivity index (χ1n) is 9.18. The molecule has 3 rings (SSSR count). The highest BCUT2D eigenvalue weighted by Crippen LogP contribution is 2.29. The number of nitrogens with zero attached hydrogens (tertiary/aromatic N) is 1. The van der Waals surface area contributed by atoms with Gasteiger partial charge in [0.1, 0.15) is 0 Å². The third-order valence-corrected chi connectivity index (χ3v) is 5.59. The second-order valence-corrected chi connectivity index (χ2v) is 8.10. The molecule has 7 heteroatoms. The molecule has 0 aliphatic heterocycles. The van der Waals surface area contributed by atoms with Crippen LogP contribution in [0.5, 0.6) is 0 Å². The van der Waals surface area contributed by atoms with Crippen LogP contribution in [0, 0.1) is 0 Å². The van der Waals surface area contributed by atoms with Gasteiger partial charge < -0.3 is 9.64 Å². The van der Waals surface area contributed by atoms with E-state index in [1.807, 2.05) is 6.07 Å². The van der Waals surface area contributed by atoms with Gasteiger partial charge in [0, 0.05) is 31.3 Å². The van der Waals surface area contributed by atoms with Crippen LogP contribution in [0.3, 0.4) is 0 Å². The lowest BCUT2D eigenvalue weighted by molar-refractivity contribution is 0.0526. The van der Waals surface area contributed by atoms with E-state index in [9.17, 15) is 9.59 Å². The Bertz CT molecular complexity index is 1050. The van der Waals surface area contributed by atoms with Crippen molar-refractivity contribution in [2.24, 2.45) is 0 Å². The van der Waals surface area contributed by atoms with E-state index in [1.54, 1.807) is 72.5 Å². The molecule has 0 N–H and O–H groups in total. The van der Waals surface area contributed by atoms with Gasteiger partial charge in [0.05, 0.1) is 18.7 Å². The van der Waals surface area contributed by atoms with Crippen LogP contribution >= 0.6 is 39.1 Å². The fraction of sp³-hybridized carbons (Fsp3) is 0.130. The Morgan fingerprint density at radius 1 is 0.933 bits per heavy atom. The van der Waals surface area contributed by atoms with Gasteiger partial charge in [0.15, 0.2) is 0 Å². The van der Waals surface area contributed by atoms with Crippen molar-refractivity contribution in [2.45, 2.75) is 13.5 Å². The molecule has 1 amide bonds. The maximum atomic E-state index is 13.4. The molecule has 0 radical (unpaired) electrons. The predicted molar refractivity (Wildman–Crippen MR) is 124 cm³/mol. The maximum absolute atomic E-state index is 13.4. The van der Waals surface area contributed by atoms with Gasteiger partial charge in [-0.15, -0.1) is 0 Å². The highest BCUT2D eigenvalue weighted by Gasteiger charge is 2.21. The Hall–Kier alpha value is -2.34. The number of hydrogen-bond acceptors (Lipinski definition) is 3. The number of rotatable bonds is 6. The molecule has 0 atom stereocenters. The summed E-state index contributed by atoms with van der Waals surface area (Å²) < 4.78 is 5.82. The Balaban J connectivity index is 2.01. The van der Waals surface area contributed by atoms with E-state index in [-0.39, 0.29) is 12.5 Å². The quantitative estimate of drug-likeness (QED) is 0.346. The van der Waals surface area contributed by atoms with Crippen molar-refractivity contribution in [3.05, 3.63) is 97.9 Å². The number of halogens is 3. The number of carbonyl (C=O) groups is 2. The number of esters is 1. The molecule has 4 nitrogen and oxygen atoms in total. The van der Waals surface area contributed by atoms with E-state index in [0.29, 0.717) is 39.0 Å². The molecular formula is C23H18BrCl2NO3. The SMILES string of the molecule is CCOC(=O)c1ccc(N(Cc2c(Cl)cccc2Cl)C(=O)c2cccc(Br)c2)cc1. The van der Waals surface area contributed by atoms with Gasteiger partial charge in [0.25, 0.3) is 5.91 Å². The lowest BCUT2D eigenvalue weighted by Crippen LogP contribution is -2.30. The molecule has 0 heterocycles. The highest BCUT2D eigenvalue weighted by molar-refractivity contribution is 9.10. The van der Waals surface area contributed by atoms with Crippen molar-refractivity contribution in [3.8, 4) is 0 Å².